The van der Waals surface area contributed by atoms with E-state index in [0.717, 1.165) is 19.7 Å². The van der Waals surface area contributed by atoms with Crippen molar-refractivity contribution in [3.8, 4) is 0 Å². The molecule has 3 nitrogen and oxygen atoms in total. The summed E-state index contributed by atoms with van der Waals surface area (Å²) in [6.45, 7) is 4.83. The Morgan fingerprint density at radius 2 is 2.30 bits per heavy atom. The van der Waals surface area contributed by atoms with Crippen LogP contribution in [0.5, 0.6) is 0 Å². The standard InChI is InChI=1S/C6H16N2OS/c1-4-8(2)10-7-5-6-9-3/h7H,4-6H2,1-3H3. The van der Waals surface area contributed by atoms with E-state index in [1.165, 1.54) is 0 Å². The first-order valence-corrected chi connectivity index (χ1v) is 4.18. The smallest absolute Gasteiger partial charge is 0.0596 e. The third kappa shape index (κ3) is 6.35. The third-order valence-electron chi connectivity index (χ3n) is 1.07. The first-order chi connectivity index (χ1) is 4.81. The molecule has 0 radical (unpaired) electrons. The summed E-state index contributed by atoms with van der Waals surface area (Å²) in [5, 5.41) is 0. The zero-order chi connectivity index (χ0) is 7.82. The van der Waals surface area contributed by atoms with Gasteiger partial charge in [-0.05, 0) is 7.05 Å². The fourth-order valence-corrected chi connectivity index (χ4v) is 0.888. The molecule has 0 aliphatic carbocycles. The monoisotopic (exact) mass is 164 g/mol. The number of hydrogen-bond donors (Lipinski definition) is 1. The first kappa shape index (κ1) is 10.2. The van der Waals surface area contributed by atoms with Crippen LogP contribution in [0.4, 0.5) is 0 Å². The maximum atomic E-state index is 4.86. The van der Waals surface area contributed by atoms with Gasteiger partial charge in [-0.1, -0.05) is 6.92 Å². The molecule has 62 valence electrons. The van der Waals surface area contributed by atoms with Crippen LogP contribution in [0.2, 0.25) is 0 Å². The molecule has 10 heavy (non-hydrogen) atoms. The van der Waals surface area contributed by atoms with Gasteiger partial charge in [-0.3, -0.25) is 0 Å². The van der Waals surface area contributed by atoms with Crippen molar-refractivity contribution in [3.05, 3.63) is 0 Å². The molecule has 0 heterocycles. The van der Waals surface area contributed by atoms with Crippen LogP contribution in [0.1, 0.15) is 6.92 Å². The number of rotatable bonds is 6. The highest BCUT2D eigenvalue weighted by Crippen LogP contribution is 1.97. The van der Waals surface area contributed by atoms with Gasteiger partial charge >= 0.3 is 0 Å². The highest BCUT2D eigenvalue weighted by Gasteiger charge is 1.91. The van der Waals surface area contributed by atoms with Crippen molar-refractivity contribution < 1.29 is 4.74 Å². The van der Waals surface area contributed by atoms with E-state index in [2.05, 4.69) is 16.0 Å². The van der Waals surface area contributed by atoms with Gasteiger partial charge in [-0.25, -0.2) is 9.03 Å². The van der Waals surface area contributed by atoms with Crippen molar-refractivity contribution in [2.45, 2.75) is 6.92 Å². The van der Waals surface area contributed by atoms with Crippen LogP contribution in [0.25, 0.3) is 0 Å². The van der Waals surface area contributed by atoms with E-state index in [-0.39, 0.29) is 0 Å². The molecule has 0 aromatic rings. The summed E-state index contributed by atoms with van der Waals surface area (Å²) in [4.78, 5) is 0. The second kappa shape index (κ2) is 7.34. The third-order valence-corrected chi connectivity index (χ3v) is 1.98. The molecule has 0 unspecified atom stereocenters. The summed E-state index contributed by atoms with van der Waals surface area (Å²) in [6, 6.07) is 0. The van der Waals surface area contributed by atoms with E-state index in [4.69, 9.17) is 4.74 Å². The maximum absolute atomic E-state index is 4.86. The summed E-state index contributed by atoms with van der Waals surface area (Å²) in [5.41, 5.74) is 0. The van der Waals surface area contributed by atoms with E-state index in [9.17, 15) is 0 Å². The number of methoxy groups -OCH3 is 1. The Labute approximate surface area is 67.4 Å². The molecule has 0 bridgehead atoms. The summed E-state index contributed by atoms with van der Waals surface area (Å²) < 4.78 is 10.1. The number of nitrogens with one attached hydrogen (secondary N) is 1. The molecule has 0 fully saturated rings. The normalized spacial score (nSPS) is 10.8. The van der Waals surface area contributed by atoms with Crippen LogP contribution in [0.15, 0.2) is 0 Å². The van der Waals surface area contributed by atoms with Crippen LogP contribution in [-0.2, 0) is 4.74 Å². The quantitative estimate of drug-likeness (QED) is 0.462. The molecule has 0 saturated carbocycles. The van der Waals surface area contributed by atoms with Gasteiger partial charge in [0, 0.05) is 32.3 Å². The minimum absolute atomic E-state index is 0.768. The average molecular weight is 164 g/mol. The fourth-order valence-electron chi connectivity index (χ4n) is 0.364. The Bertz CT molecular complexity index is 72.8. The Kier molecular flexibility index (Phi) is 7.51. The molecule has 1 N–H and O–H groups in total. The predicted molar refractivity (Wildman–Crippen MR) is 45.8 cm³/mol. The topological polar surface area (TPSA) is 24.5 Å². The van der Waals surface area contributed by atoms with Gasteiger partial charge in [0.15, 0.2) is 0 Å². The summed E-state index contributed by atoms with van der Waals surface area (Å²) in [7, 11) is 3.75. The van der Waals surface area contributed by atoms with Crippen molar-refractivity contribution in [2.75, 3.05) is 33.9 Å². The molecule has 0 rings (SSSR count). The Morgan fingerprint density at radius 1 is 1.60 bits per heavy atom. The minimum Gasteiger partial charge on any atom is -0.383 e. The molecular formula is C6H16N2OS. The summed E-state index contributed by atoms with van der Waals surface area (Å²) in [5.74, 6) is 0. The van der Waals surface area contributed by atoms with Gasteiger partial charge in [0.1, 0.15) is 0 Å². The first-order valence-electron chi connectivity index (χ1n) is 3.41. The zero-order valence-electron chi connectivity index (χ0n) is 6.89. The second-order valence-electron chi connectivity index (χ2n) is 1.92. The van der Waals surface area contributed by atoms with E-state index in [0.29, 0.717) is 0 Å². The largest absolute Gasteiger partial charge is 0.383 e. The lowest BCUT2D eigenvalue weighted by Crippen LogP contribution is -2.19. The van der Waals surface area contributed by atoms with Crippen molar-refractivity contribution in [1.82, 2.24) is 9.03 Å². The predicted octanol–water partition coefficient (Wildman–Crippen LogP) is 0.737. The van der Waals surface area contributed by atoms with Crippen molar-refractivity contribution in [1.29, 1.82) is 0 Å². The minimum atomic E-state index is 0.768. The van der Waals surface area contributed by atoms with Crippen LogP contribution < -0.4 is 4.72 Å². The average Bonchev–Trinajstić information content (AvgIpc) is 1.98. The van der Waals surface area contributed by atoms with Crippen LogP contribution in [0.3, 0.4) is 0 Å². The van der Waals surface area contributed by atoms with Crippen LogP contribution >= 0.6 is 12.1 Å². The van der Waals surface area contributed by atoms with Crippen molar-refractivity contribution in [2.24, 2.45) is 0 Å². The molecular weight excluding hydrogens is 148 g/mol. The van der Waals surface area contributed by atoms with Gasteiger partial charge < -0.3 is 4.74 Å². The van der Waals surface area contributed by atoms with Gasteiger partial charge in [0.2, 0.25) is 0 Å². The number of nitrogens with zero attached hydrogens (tertiary/aromatic N) is 1. The lowest BCUT2D eigenvalue weighted by Gasteiger charge is -2.11. The Balaban J connectivity index is 2.89. The molecule has 0 spiro atoms. The Morgan fingerprint density at radius 3 is 2.80 bits per heavy atom. The molecule has 0 aromatic heterocycles. The van der Waals surface area contributed by atoms with Gasteiger partial charge in [-0.15, -0.1) is 0 Å². The zero-order valence-corrected chi connectivity index (χ0v) is 7.70. The molecule has 0 saturated heterocycles. The number of ether oxygens (including phenoxy) is 1. The molecule has 0 aliphatic heterocycles. The van der Waals surface area contributed by atoms with E-state index in [1.54, 1.807) is 19.2 Å². The maximum Gasteiger partial charge on any atom is 0.0596 e. The second-order valence-corrected chi connectivity index (χ2v) is 3.02. The van der Waals surface area contributed by atoms with Gasteiger partial charge in [0.05, 0.1) is 6.61 Å². The summed E-state index contributed by atoms with van der Waals surface area (Å²) in [6.07, 6.45) is 0. The summed E-state index contributed by atoms with van der Waals surface area (Å²) >= 11 is 1.62. The highest BCUT2D eigenvalue weighted by molar-refractivity contribution is 7.95. The van der Waals surface area contributed by atoms with E-state index >= 15 is 0 Å². The molecule has 0 aromatic carbocycles. The molecule has 0 atom stereocenters. The lowest BCUT2D eigenvalue weighted by molar-refractivity contribution is 0.205. The fraction of sp³-hybridized carbons (Fsp3) is 1.00. The number of hydrogen-bond acceptors (Lipinski definition) is 4. The molecule has 0 aliphatic rings. The van der Waals surface area contributed by atoms with E-state index < -0.39 is 0 Å². The molecule has 4 heteroatoms. The highest BCUT2D eigenvalue weighted by atomic mass is 32.2. The van der Waals surface area contributed by atoms with Crippen molar-refractivity contribution >= 4 is 12.1 Å². The lowest BCUT2D eigenvalue weighted by atomic mass is 10.7. The molecule has 0 amide bonds. The van der Waals surface area contributed by atoms with Crippen LogP contribution in [0, 0.1) is 0 Å². The van der Waals surface area contributed by atoms with Gasteiger partial charge in [-0.2, -0.15) is 0 Å². The SMILES string of the molecule is CCN(C)SNCCOC. The van der Waals surface area contributed by atoms with Crippen LogP contribution in [-0.4, -0.2) is 38.2 Å². The van der Waals surface area contributed by atoms with Crippen molar-refractivity contribution in [3.63, 3.8) is 0 Å². The van der Waals surface area contributed by atoms with E-state index in [1.807, 2.05) is 7.05 Å². The van der Waals surface area contributed by atoms with Gasteiger partial charge in [0.25, 0.3) is 0 Å². The Hall–Kier alpha value is 0.230.